The minimum absolute atomic E-state index is 0.646. The first-order chi connectivity index (χ1) is 8.88. The second kappa shape index (κ2) is 6.83. The summed E-state index contributed by atoms with van der Waals surface area (Å²) in [5.74, 6) is 0. The van der Waals surface area contributed by atoms with Gasteiger partial charge in [0.25, 0.3) is 0 Å². The summed E-state index contributed by atoms with van der Waals surface area (Å²) in [7, 11) is 0. The van der Waals surface area contributed by atoms with Crippen molar-refractivity contribution in [1.82, 2.24) is 14.9 Å². The Hall–Kier alpha value is -1.78. The number of aromatic nitrogens is 2. The van der Waals surface area contributed by atoms with Gasteiger partial charge in [0.2, 0.25) is 0 Å². The molecule has 0 aliphatic carbocycles. The van der Waals surface area contributed by atoms with E-state index < -0.39 is 0 Å². The maximum Gasteiger partial charge on any atom is 0.0544 e. The predicted molar refractivity (Wildman–Crippen MR) is 71.6 cm³/mol. The molecule has 2 aromatic rings. The molecule has 0 radical (unpaired) electrons. The van der Waals surface area contributed by atoms with Gasteiger partial charge in [-0.25, -0.2) is 0 Å². The molecule has 0 fully saturated rings. The molecular formula is C14H18N4. The van der Waals surface area contributed by atoms with Gasteiger partial charge in [0.15, 0.2) is 0 Å². The third kappa shape index (κ3) is 3.91. The second-order valence-corrected chi connectivity index (χ2v) is 4.18. The van der Waals surface area contributed by atoms with Crippen molar-refractivity contribution in [2.75, 3.05) is 13.1 Å². The fourth-order valence-corrected chi connectivity index (χ4v) is 1.87. The van der Waals surface area contributed by atoms with Gasteiger partial charge < -0.3 is 5.73 Å². The molecule has 0 aliphatic rings. The van der Waals surface area contributed by atoms with E-state index >= 15 is 0 Å². The number of nitrogens with two attached hydrogens (primary N) is 1. The number of nitrogens with zero attached hydrogens (tertiary/aromatic N) is 3. The molecular weight excluding hydrogens is 224 g/mol. The van der Waals surface area contributed by atoms with Crippen molar-refractivity contribution in [2.24, 2.45) is 5.73 Å². The number of hydrogen-bond acceptors (Lipinski definition) is 4. The normalized spacial score (nSPS) is 10.8. The molecule has 0 bridgehead atoms. The smallest absolute Gasteiger partial charge is 0.0544 e. The third-order valence-electron chi connectivity index (χ3n) is 2.69. The predicted octanol–water partition coefficient (Wildman–Crippen LogP) is 1.44. The lowest BCUT2D eigenvalue weighted by molar-refractivity contribution is 0.261. The van der Waals surface area contributed by atoms with Gasteiger partial charge in [-0.05, 0) is 23.8 Å². The highest BCUT2D eigenvalue weighted by Gasteiger charge is 2.06. The summed E-state index contributed by atoms with van der Waals surface area (Å²) in [6.07, 6.45) is 5.50. The Labute approximate surface area is 107 Å². The minimum atomic E-state index is 0.646. The number of rotatable bonds is 6. The van der Waals surface area contributed by atoms with E-state index in [0.717, 1.165) is 25.3 Å². The highest BCUT2D eigenvalue weighted by atomic mass is 15.1. The molecule has 0 saturated heterocycles. The first-order valence-electron chi connectivity index (χ1n) is 6.09. The van der Waals surface area contributed by atoms with Crippen molar-refractivity contribution in [3.8, 4) is 0 Å². The van der Waals surface area contributed by atoms with E-state index in [0.29, 0.717) is 6.54 Å². The lowest BCUT2D eigenvalue weighted by atomic mass is 10.2. The standard InChI is InChI=1S/C14H18N4/c15-6-9-18(11-13-4-3-7-16-10-13)12-14-5-1-2-8-17-14/h1-5,7-8,10H,6,9,11-12,15H2. The van der Waals surface area contributed by atoms with Crippen molar-refractivity contribution in [3.63, 3.8) is 0 Å². The molecule has 2 N–H and O–H groups in total. The van der Waals surface area contributed by atoms with E-state index in [-0.39, 0.29) is 0 Å². The molecule has 0 atom stereocenters. The average Bonchev–Trinajstić information content (AvgIpc) is 2.41. The fraction of sp³-hybridized carbons (Fsp3) is 0.286. The first-order valence-corrected chi connectivity index (χ1v) is 6.09. The minimum Gasteiger partial charge on any atom is -0.329 e. The fourth-order valence-electron chi connectivity index (χ4n) is 1.87. The molecule has 94 valence electrons. The van der Waals surface area contributed by atoms with Crippen molar-refractivity contribution in [2.45, 2.75) is 13.1 Å². The maximum atomic E-state index is 5.66. The largest absolute Gasteiger partial charge is 0.329 e. The van der Waals surface area contributed by atoms with Crippen LogP contribution in [0.15, 0.2) is 48.9 Å². The molecule has 0 unspecified atom stereocenters. The summed E-state index contributed by atoms with van der Waals surface area (Å²) in [5, 5.41) is 0. The van der Waals surface area contributed by atoms with Crippen LogP contribution in [0.2, 0.25) is 0 Å². The van der Waals surface area contributed by atoms with E-state index in [1.807, 2.05) is 36.7 Å². The van der Waals surface area contributed by atoms with Gasteiger partial charge >= 0.3 is 0 Å². The molecule has 4 nitrogen and oxygen atoms in total. The highest BCUT2D eigenvalue weighted by molar-refractivity contribution is 5.09. The van der Waals surface area contributed by atoms with Crippen LogP contribution in [0.25, 0.3) is 0 Å². The van der Waals surface area contributed by atoms with E-state index in [2.05, 4.69) is 20.9 Å². The Bertz CT molecular complexity index is 402. The van der Waals surface area contributed by atoms with Gasteiger partial charge in [0.1, 0.15) is 0 Å². The van der Waals surface area contributed by atoms with Crippen molar-refractivity contribution in [3.05, 3.63) is 60.2 Å². The zero-order valence-corrected chi connectivity index (χ0v) is 10.4. The summed E-state index contributed by atoms with van der Waals surface area (Å²) in [4.78, 5) is 10.8. The molecule has 2 aromatic heterocycles. The number of pyridine rings is 2. The Morgan fingerprint density at radius 2 is 2.00 bits per heavy atom. The Balaban J connectivity index is 2.00. The zero-order chi connectivity index (χ0) is 12.6. The maximum absolute atomic E-state index is 5.66. The average molecular weight is 242 g/mol. The molecule has 0 spiro atoms. The van der Waals surface area contributed by atoms with Crippen LogP contribution in [-0.2, 0) is 13.1 Å². The van der Waals surface area contributed by atoms with Crippen LogP contribution in [0.4, 0.5) is 0 Å². The Morgan fingerprint density at radius 3 is 2.67 bits per heavy atom. The van der Waals surface area contributed by atoms with E-state index in [1.165, 1.54) is 5.56 Å². The van der Waals surface area contributed by atoms with E-state index in [9.17, 15) is 0 Å². The van der Waals surface area contributed by atoms with Gasteiger partial charge in [-0.3, -0.25) is 14.9 Å². The first kappa shape index (κ1) is 12.7. The van der Waals surface area contributed by atoms with Gasteiger partial charge in [-0.2, -0.15) is 0 Å². The summed E-state index contributed by atoms with van der Waals surface area (Å²) < 4.78 is 0. The molecule has 0 aliphatic heterocycles. The monoisotopic (exact) mass is 242 g/mol. The second-order valence-electron chi connectivity index (χ2n) is 4.18. The van der Waals surface area contributed by atoms with Gasteiger partial charge in [0, 0.05) is 44.8 Å². The van der Waals surface area contributed by atoms with Crippen LogP contribution in [0.1, 0.15) is 11.3 Å². The van der Waals surface area contributed by atoms with Crippen molar-refractivity contribution < 1.29 is 0 Å². The summed E-state index contributed by atoms with van der Waals surface area (Å²) in [6, 6.07) is 10.0. The molecule has 0 saturated carbocycles. The van der Waals surface area contributed by atoms with Crippen LogP contribution >= 0.6 is 0 Å². The number of hydrogen-bond donors (Lipinski definition) is 1. The van der Waals surface area contributed by atoms with Crippen molar-refractivity contribution >= 4 is 0 Å². The molecule has 2 rings (SSSR count). The summed E-state index contributed by atoms with van der Waals surface area (Å²) >= 11 is 0. The van der Waals surface area contributed by atoms with Gasteiger partial charge in [0.05, 0.1) is 5.69 Å². The molecule has 2 heterocycles. The summed E-state index contributed by atoms with van der Waals surface area (Å²) in [5.41, 5.74) is 7.92. The Morgan fingerprint density at radius 1 is 1.06 bits per heavy atom. The molecule has 0 amide bonds. The van der Waals surface area contributed by atoms with Crippen LogP contribution in [0, 0.1) is 0 Å². The third-order valence-corrected chi connectivity index (χ3v) is 2.69. The zero-order valence-electron chi connectivity index (χ0n) is 10.4. The van der Waals surface area contributed by atoms with E-state index in [4.69, 9.17) is 5.73 Å². The van der Waals surface area contributed by atoms with Crippen LogP contribution in [0.5, 0.6) is 0 Å². The topological polar surface area (TPSA) is 55.0 Å². The SMILES string of the molecule is NCCN(Cc1cccnc1)Cc1ccccn1. The van der Waals surface area contributed by atoms with Crippen LogP contribution < -0.4 is 5.73 Å². The van der Waals surface area contributed by atoms with Crippen molar-refractivity contribution in [1.29, 1.82) is 0 Å². The highest BCUT2D eigenvalue weighted by Crippen LogP contribution is 2.06. The summed E-state index contributed by atoms with van der Waals surface area (Å²) in [6.45, 7) is 3.16. The lowest BCUT2D eigenvalue weighted by Crippen LogP contribution is -2.29. The van der Waals surface area contributed by atoms with Crippen LogP contribution in [0.3, 0.4) is 0 Å². The van der Waals surface area contributed by atoms with Crippen LogP contribution in [-0.4, -0.2) is 28.0 Å². The quantitative estimate of drug-likeness (QED) is 0.832. The molecule has 4 heteroatoms. The van der Waals surface area contributed by atoms with Gasteiger partial charge in [-0.15, -0.1) is 0 Å². The Kier molecular flexibility index (Phi) is 4.81. The molecule has 18 heavy (non-hydrogen) atoms. The lowest BCUT2D eigenvalue weighted by Gasteiger charge is -2.21. The van der Waals surface area contributed by atoms with Gasteiger partial charge in [-0.1, -0.05) is 12.1 Å². The van der Waals surface area contributed by atoms with E-state index in [1.54, 1.807) is 6.20 Å². The molecule has 0 aromatic carbocycles.